The van der Waals surface area contributed by atoms with Gasteiger partial charge >= 0.3 is 5.97 Å². The van der Waals surface area contributed by atoms with Crippen molar-refractivity contribution in [2.45, 2.75) is 58.3 Å². The molecule has 1 aliphatic carbocycles. The van der Waals surface area contributed by atoms with Gasteiger partial charge in [-0.25, -0.2) is 4.79 Å². The van der Waals surface area contributed by atoms with Crippen LogP contribution in [0.25, 0.3) is 0 Å². The Morgan fingerprint density at radius 2 is 1.96 bits per heavy atom. The van der Waals surface area contributed by atoms with Gasteiger partial charge in [-0.15, -0.1) is 0 Å². The number of nitrogens with one attached hydrogen (secondary N) is 1. The predicted molar refractivity (Wildman–Crippen MR) is 95.1 cm³/mol. The molecule has 8 nitrogen and oxygen atoms in total. The van der Waals surface area contributed by atoms with Crippen LogP contribution >= 0.6 is 0 Å². The average Bonchev–Trinajstić information content (AvgIpc) is 3.32. The number of carbonyl (C=O) groups is 2. The van der Waals surface area contributed by atoms with E-state index in [1.165, 1.54) is 0 Å². The summed E-state index contributed by atoms with van der Waals surface area (Å²) < 4.78 is 15.7. The van der Waals surface area contributed by atoms with Gasteiger partial charge in [0.1, 0.15) is 5.75 Å². The molecule has 27 heavy (non-hydrogen) atoms. The van der Waals surface area contributed by atoms with Crippen LogP contribution in [0.3, 0.4) is 0 Å². The quantitative estimate of drug-likeness (QED) is 0.744. The Hall–Kier alpha value is -2.90. The van der Waals surface area contributed by atoms with Gasteiger partial charge in [0.2, 0.25) is 11.7 Å². The molecule has 1 N–H and O–H groups in total. The van der Waals surface area contributed by atoms with Crippen LogP contribution in [0.2, 0.25) is 0 Å². The third kappa shape index (κ3) is 5.29. The maximum Gasteiger partial charge on any atom is 0.338 e. The van der Waals surface area contributed by atoms with Crippen molar-refractivity contribution in [3.8, 4) is 5.75 Å². The molecule has 0 radical (unpaired) electrons. The number of amides is 1. The van der Waals surface area contributed by atoms with Crippen LogP contribution in [0.15, 0.2) is 28.8 Å². The van der Waals surface area contributed by atoms with Crippen LogP contribution in [0.4, 0.5) is 0 Å². The lowest BCUT2D eigenvalue weighted by molar-refractivity contribution is -0.129. The van der Waals surface area contributed by atoms with Crippen molar-refractivity contribution >= 4 is 11.9 Å². The standard InChI is InChI=1S/C19H23N3O5/c1-12(18(23)21-15-5-3-4-6-15)26-19(24)14-7-9-16(10-8-14)25-11-17-20-13(2)27-22-17/h7-10,12,15H,3-6,11H2,1-2H3,(H,21,23)/t12-/m0/s1. The Morgan fingerprint density at radius 1 is 1.26 bits per heavy atom. The minimum atomic E-state index is -0.837. The summed E-state index contributed by atoms with van der Waals surface area (Å²) in [6.45, 7) is 3.44. The zero-order valence-electron chi connectivity index (χ0n) is 15.4. The van der Waals surface area contributed by atoms with Crippen LogP contribution < -0.4 is 10.1 Å². The number of carbonyl (C=O) groups excluding carboxylic acids is 2. The van der Waals surface area contributed by atoms with Gasteiger partial charge in [-0.2, -0.15) is 4.98 Å². The second-order valence-corrected chi connectivity index (χ2v) is 6.58. The summed E-state index contributed by atoms with van der Waals surface area (Å²) in [4.78, 5) is 28.4. The lowest BCUT2D eigenvalue weighted by atomic mass is 10.2. The number of ether oxygens (including phenoxy) is 2. The molecule has 144 valence electrons. The van der Waals surface area contributed by atoms with Crippen LogP contribution in [-0.4, -0.2) is 34.2 Å². The van der Waals surface area contributed by atoms with Crippen LogP contribution in [0, 0.1) is 6.92 Å². The highest BCUT2D eigenvalue weighted by Crippen LogP contribution is 2.18. The van der Waals surface area contributed by atoms with E-state index in [-0.39, 0.29) is 18.6 Å². The predicted octanol–water partition coefficient (Wildman–Crippen LogP) is 2.56. The molecule has 1 aromatic heterocycles. The largest absolute Gasteiger partial charge is 0.485 e. The first-order valence-corrected chi connectivity index (χ1v) is 9.04. The molecule has 0 bridgehead atoms. The lowest BCUT2D eigenvalue weighted by Gasteiger charge is -2.17. The Balaban J connectivity index is 1.48. The number of benzene rings is 1. The van der Waals surface area contributed by atoms with Gasteiger partial charge < -0.3 is 19.3 Å². The molecule has 8 heteroatoms. The average molecular weight is 373 g/mol. The van der Waals surface area contributed by atoms with Crippen molar-refractivity contribution in [3.63, 3.8) is 0 Å². The fraction of sp³-hybridized carbons (Fsp3) is 0.474. The summed E-state index contributed by atoms with van der Waals surface area (Å²) in [7, 11) is 0. The molecule has 0 saturated heterocycles. The molecule has 1 fully saturated rings. The van der Waals surface area contributed by atoms with Gasteiger partial charge in [-0.3, -0.25) is 4.79 Å². The van der Waals surface area contributed by atoms with E-state index in [9.17, 15) is 9.59 Å². The number of aromatic nitrogens is 2. The summed E-state index contributed by atoms with van der Waals surface area (Å²) in [6, 6.07) is 6.65. The Morgan fingerprint density at radius 3 is 2.59 bits per heavy atom. The highest BCUT2D eigenvalue weighted by atomic mass is 16.5. The van der Waals surface area contributed by atoms with Crippen molar-refractivity contribution < 1.29 is 23.6 Å². The molecule has 0 aliphatic heterocycles. The van der Waals surface area contributed by atoms with E-state index in [0.717, 1.165) is 25.7 Å². The molecule has 1 amide bonds. The first-order chi connectivity index (χ1) is 13.0. The maximum absolute atomic E-state index is 12.2. The van der Waals surface area contributed by atoms with E-state index in [4.69, 9.17) is 14.0 Å². The van der Waals surface area contributed by atoms with E-state index in [2.05, 4.69) is 15.5 Å². The highest BCUT2D eigenvalue weighted by molar-refractivity contribution is 5.92. The number of rotatable bonds is 7. The molecule has 2 aromatic rings. The monoisotopic (exact) mass is 373 g/mol. The molecule has 1 saturated carbocycles. The fourth-order valence-corrected chi connectivity index (χ4v) is 2.91. The van der Waals surface area contributed by atoms with Crippen molar-refractivity contribution in [1.82, 2.24) is 15.5 Å². The first kappa shape index (κ1) is 18.9. The third-order valence-electron chi connectivity index (χ3n) is 4.38. The molecule has 1 atom stereocenters. The zero-order valence-corrected chi connectivity index (χ0v) is 15.4. The molecule has 0 spiro atoms. The van der Waals surface area contributed by atoms with Crippen LogP contribution in [-0.2, 0) is 16.1 Å². The smallest absolute Gasteiger partial charge is 0.338 e. The SMILES string of the molecule is Cc1nc(COc2ccc(C(=O)O[C@@H](C)C(=O)NC3CCCC3)cc2)no1. The van der Waals surface area contributed by atoms with Gasteiger partial charge in [-0.05, 0) is 44.0 Å². The molecule has 1 heterocycles. The Labute approximate surface area is 157 Å². The second-order valence-electron chi connectivity index (χ2n) is 6.58. The van der Waals surface area contributed by atoms with E-state index >= 15 is 0 Å². The first-order valence-electron chi connectivity index (χ1n) is 9.04. The molecule has 3 rings (SSSR count). The van der Waals surface area contributed by atoms with E-state index in [0.29, 0.717) is 23.0 Å². The Kier molecular flexibility index (Phi) is 6.05. The number of hydrogen-bond donors (Lipinski definition) is 1. The topological polar surface area (TPSA) is 104 Å². The second kappa shape index (κ2) is 8.66. The van der Waals surface area contributed by atoms with Crippen molar-refractivity contribution in [1.29, 1.82) is 0 Å². The summed E-state index contributed by atoms with van der Waals surface area (Å²) in [6.07, 6.45) is 3.38. The van der Waals surface area contributed by atoms with Gasteiger partial charge in [0, 0.05) is 13.0 Å². The molecule has 1 aromatic carbocycles. The minimum absolute atomic E-state index is 0.166. The van der Waals surface area contributed by atoms with E-state index < -0.39 is 12.1 Å². The fourth-order valence-electron chi connectivity index (χ4n) is 2.91. The van der Waals surface area contributed by atoms with Gasteiger partial charge in [0.15, 0.2) is 12.7 Å². The van der Waals surface area contributed by atoms with Crippen LogP contribution in [0.5, 0.6) is 5.75 Å². The molecular weight excluding hydrogens is 350 g/mol. The summed E-state index contributed by atoms with van der Waals surface area (Å²) in [5, 5.41) is 6.66. The van der Waals surface area contributed by atoms with Crippen molar-refractivity contribution in [3.05, 3.63) is 41.5 Å². The van der Waals surface area contributed by atoms with Gasteiger partial charge in [0.05, 0.1) is 5.56 Å². The third-order valence-corrected chi connectivity index (χ3v) is 4.38. The van der Waals surface area contributed by atoms with Crippen molar-refractivity contribution in [2.75, 3.05) is 0 Å². The summed E-state index contributed by atoms with van der Waals surface area (Å²) >= 11 is 0. The van der Waals surface area contributed by atoms with E-state index in [1.54, 1.807) is 38.1 Å². The van der Waals surface area contributed by atoms with Gasteiger partial charge in [-0.1, -0.05) is 18.0 Å². The zero-order chi connectivity index (χ0) is 19.2. The highest BCUT2D eigenvalue weighted by Gasteiger charge is 2.23. The molecular formula is C19H23N3O5. The normalized spacial score (nSPS) is 15.3. The summed E-state index contributed by atoms with van der Waals surface area (Å²) in [5.74, 6) is 0.659. The maximum atomic E-state index is 12.2. The minimum Gasteiger partial charge on any atom is -0.485 e. The number of aryl methyl sites for hydroxylation is 1. The van der Waals surface area contributed by atoms with Gasteiger partial charge in [0.25, 0.3) is 5.91 Å². The summed E-state index contributed by atoms with van der Waals surface area (Å²) in [5.41, 5.74) is 0.346. The van der Waals surface area contributed by atoms with Crippen LogP contribution in [0.1, 0.15) is 54.7 Å². The van der Waals surface area contributed by atoms with Crippen molar-refractivity contribution in [2.24, 2.45) is 0 Å². The number of hydrogen-bond acceptors (Lipinski definition) is 7. The molecule has 0 unspecified atom stereocenters. The number of nitrogens with zero attached hydrogens (tertiary/aromatic N) is 2. The van der Waals surface area contributed by atoms with E-state index in [1.807, 2.05) is 0 Å². The number of esters is 1. The lowest BCUT2D eigenvalue weighted by Crippen LogP contribution is -2.40. The Bertz CT molecular complexity index is 781. The molecule has 1 aliphatic rings.